The number of anilines is 2. The normalized spacial score (nSPS) is 16.0. The van der Waals surface area contributed by atoms with Crippen LogP contribution in [0.15, 0.2) is 41.2 Å². The minimum atomic E-state index is -0.352. The lowest BCUT2D eigenvalue weighted by atomic mass is 10.0. The number of imidazole rings is 1. The minimum absolute atomic E-state index is 0.268. The number of nitrogens with two attached hydrogens (primary N) is 1. The highest BCUT2D eigenvalue weighted by atomic mass is 35.5. The van der Waals surface area contributed by atoms with Crippen LogP contribution < -0.4 is 16.6 Å². The Labute approximate surface area is 192 Å². The molecule has 2 aromatic carbocycles. The third kappa shape index (κ3) is 3.32. The number of H-pyrrole nitrogens is 1. The number of fused-ring (bicyclic) bond motifs is 3. The number of carbonyl (C=O) groups is 1. The molecule has 0 saturated carbocycles. The predicted molar refractivity (Wildman–Crippen MR) is 126 cm³/mol. The van der Waals surface area contributed by atoms with Crippen LogP contribution in [0, 0.1) is 5.92 Å². The number of halogens is 2. The molecule has 162 valence electrons. The number of aryl methyl sites for hydroxylation is 1. The summed E-state index contributed by atoms with van der Waals surface area (Å²) >= 11 is 12.6. The number of aromatic nitrogens is 4. The fraction of sp³-hybridized carbons (Fsp3) is 0.182. The maximum atomic E-state index is 13.1. The van der Waals surface area contributed by atoms with E-state index >= 15 is 0 Å². The van der Waals surface area contributed by atoms with Crippen LogP contribution in [0.3, 0.4) is 0 Å². The first-order valence-electron chi connectivity index (χ1n) is 9.92. The number of allylic oxidation sites excluding steroid dienone is 2. The lowest BCUT2D eigenvalue weighted by Crippen LogP contribution is -2.21. The summed E-state index contributed by atoms with van der Waals surface area (Å²) < 4.78 is 1.77. The zero-order valence-corrected chi connectivity index (χ0v) is 18.5. The molecule has 0 saturated heterocycles. The van der Waals surface area contributed by atoms with E-state index in [4.69, 9.17) is 28.9 Å². The van der Waals surface area contributed by atoms with E-state index < -0.39 is 0 Å². The van der Waals surface area contributed by atoms with Gasteiger partial charge < -0.3 is 20.6 Å². The van der Waals surface area contributed by atoms with Crippen LogP contribution in [0.5, 0.6) is 0 Å². The molecule has 1 aliphatic carbocycles. The Kier molecular flexibility index (Phi) is 4.91. The maximum Gasteiger partial charge on any atom is 0.261 e. The lowest BCUT2D eigenvalue weighted by Gasteiger charge is -2.10. The SMILES string of the molecule is Cn1c(Nc2c(Cl)cccc2Cl)nc2ccc3nc(C4=CCC(C(N)=O)C4)[nH]c(=O)c3c21. The highest BCUT2D eigenvalue weighted by Crippen LogP contribution is 2.34. The second-order valence-corrected chi connectivity index (χ2v) is 8.54. The Balaban J connectivity index is 1.61. The minimum Gasteiger partial charge on any atom is -0.369 e. The quantitative estimate of drug-likeness (QED) is 0.415. The van der Waals surface area contributed by atoms with Crippen LogP contribution in [0.2, 0.25) is 10.0 Å². The van der Waals surface area contributed by atoms with E-state index in [0.717, 1.165) is 5.57 Å². The Morgan fingerprint density at radius 1 is 1.19 bits per heavy atom. The fourth-order valence-electron chi connectivity index (χ4n) is 4.05. The van der Waals surface area contributed by atoms with Crippen molar-refractivity contribution in [2.45, 2.75) is 12.8 Å². The van der Waals surface area contributed by atoms with E-state index in [1.807, 2.05) is 12.1 Å². The van der Waals surface area contributed by atoms with E-state index in [1.165, 1.54) is 0 Å². The first-order chi connectivity index (χ1) is 15.3. The van der Waals surface area contributed by atoms with Gasteiger partial charge in [0.25, 0.3) is 5.56 Å². The summed E-state index contributed by atoms with van der Waals surface area (Å²) in [5.74, 6) is 0.313. The van der Waals surface area contributed by atoms with Crippen molar-refractivity contribution in [2.24, 2.45) is 18.7 Å². The van der Waals surface area contributed by atoms with Gasteiger partial charge in [-0.2, -0.15) is 0 Å². The zero-order chi connectivity index (χ0) is 22.6. The molecule has 10 heteroatoms. The van der Waals surface area contributed by atoms with Crippen molar-refractivity contribution < 1.29 is 4.79 Å². The Hall–Kier alpha value is -3.36. The van der Waals surface area contributed by atoms with Crippen LogP contribution in [0.25, 0.3) is 27.5 Å². The molecule has 0 spiro atoms. The van der Waals surface area contributed by atoms with Crippen LogP contribution >= 0.6 is 23.2 Å². The number of benzene rings is 2. The van der Waals surface area contributed by atoms with Gasteiger partial charge in [0.05, 0.1) is 37.7 Å². The van der Waals surface area contributed by atoms with Crippen molar-refractivity contribution in [3.63, 3.8) is 0 Å². The Morgan fingerprint density at radius 3 is 2.59 bits per heavy atom. The summed E-state index contributed by atoms with van der Waals surface area (Å²) in [6.45, 7) is 0. The molecule has 0 aliphatic heterocycles. The van der Waals surface area contributed by atoms with E-state index in [2.05, 4.69) is 20.3 Å². The van der Waals surface area contributed by atoms with Crippen molar-refractivity contribution in [2.75, 3.05) is 5.32 Å². The van der Waals surface area contributed by atoms with Gasteiger partial charge >= 0.3 is 0 Å². The maximum absolute atomic E-state index is 13.1. The summed E-state index contributed by atoms with van der Waals surface area (Å²) in [7, 11) is 1.80. The van der Waals surface area contributed by atoms with Gasteiger partial charge in [0, 0.05) is 13.0 Å². The number of aromatic amines is 1. The van der Waals surface area contributed by atoms with E-state index in [0.29, 0.717) is 62.3 Å². The molecule has 0 bridgehead atoms. The first kappa shape index (κ1) is 20.5. The highest BCUT2D eigenvalue weighted by Gasteiger charge is 2.25. The van der Waals surface area contributed by atoms with Crippen molar-refractivity contribution in [1.82, 2.24) is 19.5 Å². The summed E-state index contributed by atoms with van der Waals surface area (Å²) in [6.07, 6.45) is 2.91. The standard InChI is InChI=1S/C22H18Cl2N6O2/c1-30-18-15(27-22(30)28-17-12(23)3-2-4-13(17)24)8-7-14-16(18)21(32)29-20(26-14)11-6-5-10(9-11)19(25)31/h2-4,6-8,10H,5,9H2,1H3,(H2,25,31)(H,27,28)(H,26,29,32). The summed E-state index contributed by atoms with van der Waals surface area (Å²) in [5, 5.41) is 4.49. The molecule has 2 aromatic heterocycles. The highest BCUT2D eigenvalue weighted by molar-refractivity contribution is 6.39. The molecule has 4 N–H and O–H groups in total. The van der Waals surface area contributed by atoms with Gasteiger partial charge in [-0.05, 0) is 42.7 Å². The number of hydrogen-bond donors (Lipinski definition) is 3. The summed E-state index contributed by atoms with van der Waals surface area (Å²) in [5.41, 5.74) is 8.26. The van der Waals surface area contributed by atoms with Crippen LogP contribution in [-0.2, 0) is 11.8 Å². The largest absolute Gasteiger partial charge is 0.369 e. The number of carbonyl (C=O) groups excluding carboxylic acids is 1. The van der Waals surface area contributed by atoms with Crippen molar-refractivity contribution in [3.8, 4) is 0 Å². The molecule has 0 radical (unpaired) electrons. The predicted octanol–water partition coefficient (Wildman–Crippen LogP) is 4.14. The van der Waals surface area contributed by atoms with Gasteiger partial charge in [0.1, 0.15) is 5.82 Å². The van der Waals surface area contributed by atoms with Crippen molar-refractivity contribution in [3.05, 3.63) is 62.6 Å². The number of primary amides is 1. The molecular weight excluding hydrogens is 451 g/mol. The van der Waals surface area contributed by atoms with Gasteiger partial charge in [0.15, 0.2) is 0 Å². The molecular formula is C22H18Cl2N6O2. The molecule has 5 rings (SSSR count). The fourth-order valence-corrected chi connectivity index (χ4v) is 4.54. The number of nitrogens with zero attached hydrogens (tertiary/aromatic N) is 3. The van der Waals surface area contributed by atoms with E-state index in [9.17, 15) is 9.59 Å². The van der Waals surface area contributed by atoms with Crippen LogP contribution in [0.1, 0.15) is 18.7 Å². The third-order valence-electron chi connectivity index (χ3n) is 5.73. The Bertz CT molecular complexity index is 1480. The van der Waals surface area contributed by atoms with Gasteiger partial charge in [0.2, 0.25) is 11.9 Å². The molecule has 4 aromatic rings. The number of hydrogen-bond acceptors (Lipinski definition) is 5. The monoisotopic (exact) mass is 468 g/mol. The van der Waals surface area contributed by atoms with Crippen LogP contribution in [0.4, 0.5) is 11.6 Å². The molecule has 32 heavy (non-hydrogen) atoms. The number of nitrogens with one attached hydrogen (secondary N) is 2. The summed E-state index contributed by atoms with van der Waals surface area (Å²) in [4.78, 5) is 36.7. The molecule has 8 nitrogen and oxygen atoms in total. The molecule has 1 aliphatic rings. The van der Waals surface area contributed by atoms with Gasteiger partial charge in [-0.25, -0.2) is 9.97 Å². The topological polar surface area (TPSA) is 119 Å². The number of rotatable bonds is 4. The average molecular weight is 469 g/mol. The van der Waals surface area contributed by atoms with E-state index in [-0.39, 0.29) is 17.4 Å². The smallest absolute Gasteiger partial charge is 0.261 e. The summed E-state index contributed by atoms with van der Waals surface area (Å²) in [6, 6.07) is 8.78. The third-order valence-corrected chi connectivity index (χ3v) is 6.36. The molecule has 1 atom stereocenters. The molecule has 1 amide bonds. The lowest BCUT2D eigenvalue weighted by molar-refractivity contribution is -0.121. The molecule has 1 unspecified atom stereocenters. The molecule has 0 fully saturated rings. The second kappa shape index (κ2) is 7.65. The first-order valence-corrected chi connectivity index (χ1v) is 10.7. The zero-order valence-electron chi connectivity index (χ0n) is 16.9. The van der Waals surface area contributed by atoms with Gasteiger partial charge in [-0.1, -0.05) is 35.3 Å². The van der Waals surface area contributed by atoms with Gasteiger partial charge in [-0.3, -0.25) is 9.59 Å². The van der Waals surface area contributed by atoms with Crippen LogP contribution in [-0.4, -0.2) is 25.4 Å². The average Bonchev–Trinajstić information content (AvgIpc) is 3.36. The van der Waals surface area contributed by atoms with E-state index in [1.54, 1.807) is 35.9 Å². The Morgan fingerprint density at radius 2 is 1.91 bits per heavy atom. The number of para-hydroxylation sites is 1. The van der Waals surface area contributed by atoms with Crippen molar-refractivity contribution in [1.29, 1.82) is 0 Å². The second-order valence-electron chi connectivity index (χ2n) is 7.73. The molecule has 2 heterocycles. The number of amides is 1. The van der Waals surface area contributed by atoms with Crippen molar-refractivity contribution >= 4 is 68.3 Å². The van der Waals surface area contributed by atoms with Gasteiger partial charge in [-0.15, -0.1) is 0 Å².